The number of nitrogens with one attached hydrogen (secondary N) is 2. The minimum atomic E-state index is -3.68. The zero-order chi connectivity index (χ0) is 18.9. The molecule has 1 aromatic carbocycles. The normalized spacial score (nSPS) is 14.5. The van der Waals surface area contributed by atoms with E-state index in [-0.39, 0.29) is 29.4 Å². The van der Waals surface area contributed by atoms with E-state index in [9.17, 15) is 13.2 Å². The number of amides is 1. The minimum absolute atomic E-state index is 0.0239. The Morgan fingerprint density at radius 3 is 2.81 bits per heavy atom. The summed E-state index contributed by atoms with van der Waals surface area (Å²) in [6.45, 7) is 6.45. The van der Waals surface area contributed by atoms with Crippen LogP contribution in [-0.4, -0.2) is 32.5 Å². The standard InChI is InChI=1S/C17H21N3O4S2/c1-17(2,3)14-10-25-16(20-14)6-7-18-26(22,23)11-4-5-13-12(8-11)19-15(21)9-24-13/h4-5,8,10,18H,6-7,9H2,1-3H3,(H,19,21). The van der Waals surface area contributed by atoms with Gasteiger partial charge in [-0.2, -0.15) is 0 Å². The van der Waals surface area contributed by atoms with Crippen molar-refractivity contribution in [3.8, 4) is 5.75 Å². The van der Waals surface area contributed by atoms with Crippen molar-refractivity contribution in [3.05, 3.63) is 34.3 Å². The number of nitrogens with zero attached hydrogens (tertiary/aromatic N) is 1. The maximum Gasteiger partial charge on any atom is 0.262 e. The number of benzene rings is 1. The molecule has 1 aromatic heterocycles. The third-order valence-electron chi connectivity index (χ3n) is 3.85. The number of ether oxygens (including phenoxy) is 1. The van der Waals surface area contributed by atoms with Gasteiger partial charge in [-0.3, -0.25) is 4.79 Å². The van der Waals surface area contributed by atoms with Crippen LogP contribution in [0.25, 0.3) is 0 Å². The quantitative estimate of drug-likeness (QED) is 0.810. The van der Waals surface area contributed by atoms with Gasteiger partial charge in [-0.15, -0.1) is 11.3 Å². The first-order chi connectivity index (χ1) is 12.1. The fraction of sp³-hybridized carbons (Fsp3) is 0.412. The molecule has 0 saturated heterocycles. The Labute approximate surface area is 156 Å². The molecule has 0 aliphatic carbocycles. The van der Waals surface area contributed by atoms with E-state index in [1.54, 1.807) is 6.07 Å². The maximum atomic E-state index is 12.5. The molecule has 140 valence electrons. The Hall–Kier alpha value is -1.97. The molecule has 9 heteroatoms. The predicted octanol–water partition coefficient (Wildman–Crippen LogP) is 2.29. The van der Waals surface area contributed by atoms with Crippen LogP contribution in [-0.2, 0) is 26.7 Å². The van der Waals surface area contributed by atoms with E-state index in [0.717, 1.165) is 10.7 Å². The van der Waals surface area contributed by atoms with Crippen molar-refractivity contribution < 1.29 is 17.9 Å². The number of carbonyl (C=O) groups excluding carboxylic acids is 1. The molecule has 0 radical (unpaired) electrons. The van der Waals surface area contributed by atoms with Gasteiger partial charge in [0, 0.05) is 23.8 Å². The molecule has 7 nitrogen and oxygen atoms in total. The SMILES string of the molecule is CC(C)(C)c1csc(CCNS(=O)(=O)c2ccc3c(c2)NC(=O)CO3)n1. The average Bonchev–Trinajstić information content (AvgIpc) is 3.03. The van der Waals surface area contributed by atoms with Gasteiger partial charge in [0.05, 0.1) is 21.3 Å². The summed E-state index contributed by atoms with van der Waals surface area (Å²) >= 11 is 1.53. The van der Waals surface area contributed by atoms with Crippen molar-refractivity contribution in [3.63, 3.8) is 0 Å². The molecule has 2 heterocycles. The van der Waals surface area contributed by atoms with Crippen molar-refractivity contribution in [2.75, 3.05) is 18.5 Å². The summed E-state index contributed by atoms with van der Waals surface area (Å²) in [7, 11) is -3.68. The van der Waals surface area contributed by atoms with Crippen LogP contribution < -0.4 is 14.8 Å². The van der Waals surface area contributed by atoms with E-state index >= 15 is 0 Å². The summed E-state index contributed by atoms with van der Waals surface area (Å²) in [6, 6.07) is 4.40. The highest BCUT2D eigenvalue weighted by atomic mass is 32.2. The van der Waals surface area contributed by atoms with Gasteiger partial charge in [-0.05, 0) is 18.2 Å². The van der Waals surface area contributed by atoms with E-state index in [2.05, 4.69) is 35.8 Å². The number of carbonyl (C=O) groups is 1. The summed E-state index contributed by atoms with van der Waals surface area (Å²) in [5, 5.41) is 5.51. The molecule has 26 heavy (non-hydrogen) atoms. The second kappa shape index (κ2) is 6.98. The van der Waals surface area contributed by atoms with E-state index < -0.39 is 10.0 Å². The van der Waals surface area contributed by atoms with Gasteiger partial charge in [0.2, 0.25) is 10.0 Å². The molecule has 1 amide bonds. The van der Waals surface area contributed by atoms with Gasteiger partial charge < -0.3 is 10.1 Å². The highest BCUT2D eigenvalue weighted by Gasteiger charge is 2.21. The Morgan fingerprint density at radius 1 is 1.35 bits per heavy atom. The molecular formula is C17H21N3O4S2. The molecule has 1 aliphatic heterocycles. The highest BCUT2D eigenvalue weighted by molar-refractivity contribution is 7.89. The third kappa shape index (κ3) is 4.22. The van der Waals surface area contributed by atoms with Crippen molar-refractivity contribution >= 4 is 33.0 Å². The first-order valence-electron chi connectivity index (χ1n) is 8.16. The summed E-state index contributed by atoms with van der Waals surface area (Å²) < 4.78 is 32.8. The van der Waals surface area contributed by atoms with Gasteiger partial charge in [0.1, 0.15) is 5.75 Å². The Bertz CT molecular complexity index is 930. The number of thiazole rings is 1. The molecule has 0 unspecified atom stereocenters. The number of hydrogen-bond donors (Lipinski definition) is 2. The zero-order valence-corrected chi connectivity index (χ0v) is 16.5. The summed E-state index contributed by atoms with van der Waals surface area (Å²) in [6.07, 6.45) is 0.519. The summed E-state index contributed by atoms with van der Waals surface area (Å²) in [5.74, 6) is 0.152. The predicted molar refractivity (Wildman–Crippen MR) is 100 cm³/mol. The topological polar surface area (TPSA) is 97.4 Å². The van der Waals surface area contributed by atoms with Crippen LogP contribution in [0.5, 0.6) is 5.75 Å². The van der Waals surface area contributed by atoms with Gasteiger partial charge in [-0.1, -0.05) is 20.8 Å². The molecule has 3 rings (SSSR count). The summed E-state index contributed by atoms with van der Waals surface area (Å²) in [5.41, 5.74) is 1.34. The second-order valence-corrected chi connectivity index (χ2v) is 9.73. The molecular weight excluding hydrogens is 374 g/mol. The van der Waals surface area contributed by atoms with Gasteiger partial charge in [0.15, 0.2) is 6.61 Å². The van der Waals surface area contributed by atoms with Crippen molar-refractivity contribution in [1.29, 1.82) is 0 Å². The minimum Gasteiger partial charge on any atom is -0.482 e. The highest BCUT2D eigenvalue weighted by Crippen LogP contribution is 2.30. The summed E-state index contributed by atoms with van der Waals surface area (Å²) in [4.78, 5) is 16.0. The molecule has 2 aromatic rings. The average molecular weight is 396 g/mol. The van der Waals surface area contributed by atoms with E-state index in [1.165, 1.54) is 23.5 Å². The van der Waals surface area contributed by atoms with E-state index in [0.29, 0.717) is 17.9 Å². The Morgan fingerprint density at radius 2 is 2.12 bits per heavy atom. The largest absolute Gasteiger partial charge is 0.482 e. The van der Waals surface area contributed by atoms with Crippen molar-refractivity contribution in [2.45, 2.75) is 37.5 Å². The van der Waals surface area contributed by atoms with E-state index in [4.69, 9.17) is 4.74 Å². The number of aromatic nitrogens is 1. The van der Waals surface area contributed by atoms with Crippen LogP contribution in [0.1, 0.15) is 31.5 Å². The first kappa shape index (κ1) is 18.8. The van der Waals surface area contributed by atoms with Crippen LogP contribution in [0, 0.1) is 0 Å². The monoisotopic (exact) mass is 395 g/mol. The van der Waals surface area contributed by atoms with Crippen molar-refractivity contribution in [2.24, 2.45) is 0 Å². The molecule has 0 spiro atoms. The molecule has 0 saturated carbocycles. The van der Waals surface area contributed by atoms with Crippen LogP contribution >= 0.6 is 11.3 Å². The van der Waals surface area contributed by atoms with Gasteiger partial charge in [-0.25, -0.2) is 18.1 Å². The van der Waals surface area contributed by atoms with Crippen LogP contribution in [0.2, 0.25) is 0 Å². The maximum absolute atomic E-state index is 12.5. The molecule has 0 fully saturated rings. The number of rotatable bonds is 5. The fourth-order valence-corrected chi connectivity index (χ4v) is 4.46. The molecule has 1 aliphatic rings. The molecule has 0 bridgehead atoms. The molecule has 2 N–H and O–H groups in total. The number of anilines is 1. The number of fused-ring (bicyclic) bond motifs is 1. The first-order valence-corrected chi connectivity index (χ1v) is 10.5. The van der Waals surface area contributed by atoms with Crippen LogP contribution in [0.3, 0.4) is 0 Å². The lowest BCUT2D eigenvalue weighted by molar-refractivity contribution is -0.118. The third-order valence-corrected chi connectivity index (χ3v) is 6.21. The zero-order valence-electron chi connectivity index (χ0n) is 14.8. The van der Waals surface area contributed by atoms with Gasteiger partial charge >= 0.3 is 0 Å². The van der Waals surface area contributed by atoms with E-state index in [1.807, 2.05) is 5.38 Å². The Kier molecular flexibility index (Phi) is 5.05. The Balaban J connectivity index is 1.65. The lowest BCUT2D eigenvalue weighted by atomic mass is 9.93. The molecule has 0 atom stereocenters. The van der Waals surface area contributed by atoms with Crippen LogP contribution in [0.15, 0.2) is 28.5 Å². The smallest absolute Gasteiger partial charge is 0.262 e. The number of hydrogen-bond acceptors (Lipinski definition) is 6. The van der Waals surface area contributed by atoms with Gasteiger partial charge in [0.25, 0.3) is 5.91 Å². The lowest BCUT2D eigenvalue weighted by Gasteiger charge is -2.18. The fourth-order valence-electron chi connectivity index (χ4n) is 2.38. The van der Waals surface area contributed by atoms with Crippen molar-refractivity contribution in [1.82, 2.24) is 9.71 Å². The number of sulfonamides is 1. The second-order valence-electron chi connectivity index (χ2n) is 7.02. The van der Waals surface area contributed by atoms with Crippen LogP contribution in [0.4, 0.5) is 5.69 Å². The lowest BCUT2D eigenvalue weighted by Crippen LogP contribution is -2.28.